The molecule has 5 rings (SSSR count). The van der Waals surface area contributed by atoms with Crippen LogP contribution in [0.25, 0.3) is 11.1 Å². The highest BCUT2D eigenvalue weighted by Gasteiger charge is 2.46. The van der Waals surface area contributed by atoms with E-state index in [9.17, 15) is 0 Å². The van der Waals surface area contributed by atoms with Gasteiger partial charge in [-0.1, -0.05) is 154 Å². The van der Waals surface area contributed by atoms with Crippen LogP contribution in [0.15, 0.2) is 127 Å². The highest BCUT2D eigenvalue weighted by Crippen LogP contribution is 2.57. The van der Waals surface area contributed by atoms with Crippen LogP contribution in [-0.4, -0.2) is 0 Å². The fraction of sp³-hybridized carbons (Fsp3) is 0.211. The van der Waals surface area contributed by atoms with E-state index in [4.69, 9.17) is 0 Å². The van der Waals surface area contributed by atoms with E-state index in [1.54, 1.807) is 0 Å². The summed E-state index contributed by atoms with van der Waals surface area (Å²) in [5.74, 6) is 7.25. The number of fused-ring (bicyclic) bond motifs is 1. The fourth-order valence-electron chi connectivity index (χ4n) is 5.85. The van der Waals surface area contributed by atoms with Crippen molar-refractivity contribution in [3.63, 3.8) is 0 Å². The smallest absolute Gasteiger partial charge is 0.0476 e. The summed E-state index contributed by atoms with van der Waals surface area (Å²) in [7, 11) is 0. The molecule has 0 heteroatoms. The summed E-state index contributed by atoms with van der Waals surface area (Å²) in [5.41, 5.74) is 9.89. The third kappa shape index (κ3) is 4.90. The molecule has 0 amide bonds. The lowest BCUT2D eigenvalue weighted by atomic mass is 9.65. The molecule has 0 aliphatic heterocycles. The minimum atomic E-state index is -0.260. The highest BCUT2D eigenvalue weighted by atomic mass is 14.5. The van der Waals surface area contributed by atoms with E-state index in [0.717, 1.165) is 43.2 Å². The molecule has 1 atom stereocenters. The van der Waals surface area contributed by atoms with E-state index in [1.807, 2.05) is 6.07 Å². The number of benzene rings is 4. The normalized spacial score (nSPS) is 16.6. The van der Waals surface area contributed by atoms with E-state index >= 15 is 0 Å². The van der Waals surface area contributed by atoms with Crippen LogP contribution in [0, 0.1) is 11.8 Å². The summed E-state index contributed by atoms with van der Waals surface area (Å²) in [4.78, 5) is 0. The molecular formula is C38H36. The Labute approximate surface area is 228 Å². The second kappa shape index (κ2) is 12.0. The summed E-state index contributed by atoms with van der Waals surface area (Å²) in [6.45, 7) is 4.55. The second-order valence-electron chi connectivity index (χ2n) is 10.1. The summed E-state index contributed by atoms with van der Waals surface area (Å²) in [6, 6.07) is 41.5. The maximum atomic E-state index is 3.72. The van der Waals surface area contributed by atoms with Crippen molar-refractivity contribution in [2.75, 3.05) is 0 Å². The quantitative estimate of drug-likeness (QED) is 0.215. The number of hydrogen-bond acceptors (Lipinski definition) is 0. The molecule has 0 bridgehead atoms. The van der Waals surface area contributed by atoms with Crippen LogP contribution in [-0.2, 0) is 5.41 Å². The lowest BCUT2D eigenvalue weighted by molar-refractivity contribution is 0.537. The van der Waals surface area contributed by atoms with E-state index in [0.29, 0.717) is 0 Å². The largest absolute Gasteiger partial charge is 0.0763 e. The molecule has 0 fully saturated rings. The zero-order chi connectivity index (χ0) is 26.2. The zero-order valence-corrected chi connectivity index (χ0v) is 22.6. The first-order valence-electron chi connectivity index (χ1n) is 14.0. The van der Waals surface area contributed by atoms with Crippen molar-refractivity contribution in [2.45, 2.75) is 51.4 Å². The highest BCUT2D eigenvalue weighted by molar-refractivity contribution is 6.03. The Hall–Kier alpha value is -4.08. The topological polar surface area (TPSA) is 0 Å². The molecule has 0 aromatic heterocycles. The molecule has 4 aromatic carbocycles. The number of unbranched alkanes of at least 4 members (excludes halogenated alkanes) is 2. The van der Waals surface area contributed by atoms with Gasteiger partial charge in [0.15, 0.2) is 0 Å². The van der Waals surface area contributed by atoms with E-state index in [2.05, 4.69) is 141 Å². The molecule has 4 aromatic rings. The van der Waals surface area contributed by atoms with Gasteiger partial charge in [-0.2, -0.15) is 0 Å². The number of allylic oxidation sites excluding steroid dienone is 4. The molecule has 0 N–H and O–H groups in total. The summed E-state index contributed by atoms with van der Waals surface area (Å²) in [5, 5.41) is 0. The van der Waals surface area contributed by atoms with Crippen molar-refractivity contribution >= 4 is 11.1 Å². The first-order chi connectivity index (χ1) is 18.8. The molecule has 0 spiro atoms. The standard InChI is InChI=1S/C38H36/c1-3-5-24-33(31-20-12-8-13-21-31)37-35(28-27-30-18-10-7-11-19-30)34-25-16-17-26-36(34)38(37,29-6-4-2)32-22-14-9-15-23-32/h7-26H,3-6,29H2,1-2H3/b33-24+. The number of rotatable bonds is 8. The van der Waals surface area contributed by atoms with Gasteiger partial charge in [-0.3, -0.25) is 0 Å². The Bertz CT molecular complexity index is 1480. The Kier molecular flexibility index (Phi) is 8.06. The van der Waals surface area contributed by atoms with Crippen LogP contribution in [0.1, 0.15) is 73.8 Å². The van der Waals surface area contributed by atoms with Gasteiger partial charge in [-0.15, -0.1) is 0 Å². The Morgan fingerprint density at radius 1 is 0.684 bits per heavy atom. The minimum absolute atomic E-state index is 0.260. The monoisotopic (exact) mass is 492 g/mol. The maximum absolute atomic E-state index is 3.72. The summed E-state index contributed by atoms with van der Waals surface area (Å²) in [6.07, 6.45) is 7.93. The SMILES string of the molecule is CCC/C=C(/C1=C(C#Cc2ccccc2)c2ccccc2C1(CCCC)c1ccccc1)c1ccccc1. The average molecular weight is 493 g/mol. The van der Waals surface area contributed by atoms with Crippen LogP contribution in [0.3, 0.4) is 0 Å². The van der Waals surface area contributed by atoms with Crippen molar-refractivity contribution in [2.24, 2.45) is 0 Å². The van der Waals surface area contributed by atoms with Crippen molar-refractivity contribution in [1.29, 1.82) is 0 Å². The second-order valence-corrected chi connectivity index (χ2v) is 10.1. The number of hydrogen-bond donors (Lipinski definition) is 0. The van der Waals surface area contributed by atoms with Crippen molar-refractivity contribution in [1.82, 2.24) is 0 Å². The third-order valence-corrected chi connectivity index (χ3v) is 7.60. The molecule has 1 aliphatic rings. The van der Waals surface area contributed by atoms with Gasteiger partial charge in [0.2, 0.25) is 0 Å². The van der Waals surface area contributed by atoms with Crippen LogP contribution < -0.4 is 0 Å². The average Bonchev–Trinajstić information content (AvgIpc) is 3.27. The van der Waals surface area contributed by atoms with Gasteiger partial charge in [0.05, 0.1) is 0 Å². The van der Waals surface area contributed by atoms with Crippen molar-refractivity contribution < 1.29 is 0 Å². The van der Waals surface area contributed by atoms with Gasteiger partial charge >= 0.3 is 0 Å². The minimum Gasteiger partial charge on any atom is -0.0763 e. The first kappa shape index (κ1) is 25.6. The molecule has 0 saturated heterocycles. The molecule has 0 saturated carbocycles. The summed E-state index contributed by atoms with van der Waals surface area (Å²) < 4.78 is 0. The molecule has 38 heavy (non-hydrogen) atoms. The van der Waals surface area contributed by atoms with Crippen molar-refractivity contribution in [3.8, 4) is 11.8 Å². The van der Waals surface area contributed by atoms with Gasteiger partial charge in [0.1, 0.15) is 0 Å². The van der Waals surface area contributed by atoms with E-state index < -0.39 is 0 Å². The molecule has 0 heterocycles. The predicted molar refractivity (Wildman–Crippen MR) is 163 cm³/mol. The molecule has 188 valence electrons. The molecule has 0 nitrogen and oxygen atoms in total. The summed E-state index contributed by atoms with van der Waals surface area (Å²) >= 11 is 0. The third-order valence-electron chi connectivity index (χ3n) is 7.60. The molecule has 1 aliphatic carbocycles. The van der Waals surface area contributed by atoms with Gasteiger partial charge < -0.3 is 0 Å². The van der Waals surface area contributed by atoms with Crippen LogP contribution in [0.2, 0.25) is 0 Å². The maximum Gasteiger partial charge on any atom is 0.0476 e. The zero-order valence-electron chi connectivity index (χ0n) is 22.6. The first-order valence-corrected chi connectivity index (χ1v) is 14.0. The van der Waals surface area contributed by atoms with Crippen molar-refractivity contribution in [3.05, 3.63) is 155 Å². The Morgan fingerprint density at radius 3 is 2.00 bits per heavy atom. The molecular weight excluding hydrogens is 456 g/mol. The fourth-order valence-corrected chi connectivity index (χ4v) is 5.85. The van der Waals surface area contributed by atoms with Crippen LogP contribution >= 0.6 is 0 Å². The van der Waals surface area contributed by atoms with E-state index in [-0.39, 0.29) is 5.41 Å². The van der Waals surface area contributed by atoms with Gasteiger partial charge in [-0.05, 0) is 58.4 Å². The molecule has 1 unspecified atom stereocenters. The predicted octanol–water partition coefficient (Wildman–Crippen LogP) is 9.87. The Morgan fingerprint density at radius 2 is 1.32 bits per heavy atom. The van der Waals surface area contributed by atoms with E-state index in [1.165, 1.54) is 33.4 Å². The van der Waals surface area contributed by atoms with Gasteiger partial charge in [0, 0.05) is 16.6 Å². The lowest BCUT2D eigenvalue weighted by Gasteiger charge is -2.36. The van der Waals surface area contributed by atoms with Crippen LogP contribution in [0.5, 0.6) is 0 Å². The molecule has 0 radical (unpaired) electrons. The van der Waals surface area contributed by atoms with Gasteiger partial charge in [0.25, 0.3) is 0 Å². The Balaban J connectivity index is 1.89. The lowest BCUT2D eigenvalue weighted by Crippen LogP contribution is -2.29. The van der Waals surface area contributed by atoms with Crippen LogP contribution in [0.4, 0.5) is 0 Å². The van der Waals surface area contributed by atoms with Gasteiger partial charge in [-0.25, -0.2) is 0 Å².